The van der Waals surface area contributed by atoms with Crippen molar-refractivity contribution in [1.29, 1.82) is 0 Å². The molecule has 9 nitrogen and oxygen atoms in total. The Kier molecular flexibility index (Phi) is 5.81. The van der Waals surface area contributed by atoms with Crippen molar-refractivity contribution in [2.45, 2.75) is 18.0 Å². The number of nitrogens with zero attached hydrogens (tertiary/aromatic N) is 3. The molecule has 0 saturated carbocycles. The van der Waals surface area contributed by atoms with Gasteiger partial charge in [0.2, 0.25) is 5.91 Å². The molecule has 4 aromatic carbocycles. The molecule has 0 radical (unpaired) electrons. The van der Waals surface area contributed by atoms with Gasteiger partial charge in [0.25, 0.3) is 5.69 Å². The van der Waals surface area contributed by atoms with Gasteiger partial charge in [-0.05, 0) is 41.0 Å². The van der Waals surface area contributed by atoms with Crippen molar-refractivity contribution in [1.82, 2.24) is 5.01 Å². The van der Waals surface area contributed by atoms with Crippen LogP contribution in [0.4, 0.5) is 11.4 Å². The maximum Gasteiger partial charge on any atom is 0.269 e. The van der Waals surface area contributed by atoms with Gasteiger partial charge in [0.1, 0.15) is 11.5 Å². The summed E-state index contributed by atoms with van der Waals surface area (Å²) >= 11 is 6.05. The average Bonchev–Trinajstić information content (AvgIpc) is 3.44. The van der Waals surface area contributed by atoms with Crippen LogP contribution < -0.4 is 5.32 Å². The number of nitro groups is 1. The highest BCUT2D eigenvalue weighted by Gasteiger charge is 2.73. The van der Waals surface area contributed by atoms with Crippen LogP contribution in [0, 0.1) is 15.5 Å². The van der Waals surface area contributed by atoms with Gasteiger partial charge in [-0.3, -0.25) is 29.5 Å². The van der Waals surface area contributed by atoms with Crippen molar-refractivity contribution in [3.8, 4) is 0 Å². The number of Topliss-reactive ketones (excluding diaryl/α,β-unsaturated/α-hetero) is 2. The molecule has 4 aromatic rings. The first-order chi connectivity index (χ1) is 20.3. The molecule has 1 spiro atoms. The van der Waals surface area contributed by atoms with E-state index in [1.54, 1.807) is 60.8 Å². The number of hydrazone groups is 1. The van der Waals surface area contributed by atoms with E-state index in [9.17, 15) is 24.5 Å². The van der Waals surface area contributed by atoms with E-state index < -0.39 is 45.8 Å². The summed E-state index contributed by atoms with van der Waals surface area (Å²) in [4.78, 5) is 54.9. The lowest BCUT2D eigenvalue weighted by atomic mass is 9.63. The smallest absolute Gasteiger partial charge is 0.269 e. The number of benzene rings is 4. The molecular formula is C32H21ClN4O5. The van der Waals surface area contributed by atoms with E-state index in [1.807, 2.05) is 24.3 Å². The molecular weight excluding hydrogens is 556 g/mol. The number of fused-ring (bicyclic) bond motifs is 5. The Hall–Kier alpha value is -5.15. The standard InChI is InChI=1S/C32H21ClN4O5/c33-20-12-14-21(15-13-20)35-31(40)27-26(18-7-5-8-22(16-18)37(41)42)32(29(38)24-10-3-4-11-25(24)30(32)39)28-23-9-2-1-6-19(23)17-34-36(27)28/h1-17,26-28H,(H,35,40)/t26-,27+,28+/m0/s1. The maximum absolute atomic E-state index is 14.7. The summed E-state index contributed by atoms with van der Waals surface area (Å²) in [6.07, 6.45) is 1.61. The molecule has 1 amide bonds. The Bertz CT molecular complexity index is 1820. The first-order valence-corrected chi connectivity index (χ1v) is 13.6. The number of carbonyl (C=O) groups is 3. The van der Waals surface area contributed by atoms with Gasteiger partial charge >= 0.3 is 0 Å². The van der Waals surface area contributed by atoms with E-state index >= 15 is 0 Å². The average molecular weight is 577 g/mol. The quantitative estimate of drug-likeness (QED) is 0.186. The Morgan fingerprint density at radius 2 is 1.57 bits per heavy atom. The highest BCUT2D eigenvalue weighted by Crippen LogP contribution is 2.64. The number of rotatable bonds is 4. The minimum absolute atomic E-state index is 0.219. The number of halogens is 1. The number of carbonyl (C=O) groups excluding carboxylic acids is 3. The molecule has 0 aromatic heterocycles. The molecule has 7 rings (SSSR count). The summed E-state index contributed by atoms with van der Waals surface area (Å²) in [7, 11) is 0. The topological polar surface area (TPSA) is 122 Å². The minimum atomic E-state index is -1.82. The van der Waals surface area contributed by atoms with Crippen LogP contribution in [0.3, 0.4) is 0 Å². The van der Waals surface area contributed by atoms with Crippen LogP contribution in [0.1, 0.15) is 49.4 Å². The second-order valence-electron chi connectivity index (χ2n) is 10.5. The molecule has 2 aliphatic heterocycles. The highest BCUT2D eigenvalue weighted by atomic mass is 35.5. The predicted molar refractivity (Wildman–Crippen MR) is 156 cm³/mol. The van der Waals surface area contributed by atoms with Crippen LogP contribution in [-0.2, 0) is 4.79 Å². The van der Waals surface area contributed by atoms with Crippen molar-refractivity contribution in [3.63, 3.8) is 0 Å². The third-order valence-electron chi connectivity index (χ3n) is 8.40. The van der Waals surface area contributed by atoms with E-state index in [0.717, 1.165) is 0 Å². The Morgan fingerprint density at radius 3 is 2.26 bits per heavy atom. The van der Waals surface area contributed by atoms with Gasteiger partial charge in [-0.2, -0.15) is 5.10 Å². The summed E-state index contributed by atoms with van der Waals surface area (Å²) in [5.41, 5.74) is 0.612. The van der Waals surface area contributed by atoms with Gasteiger partial charge in [0.05, 0.1) is 17.2 Å². The molecule has 0 bridgehead atoms. The third kappa shape index (κ3) is 3.56. The number of hydrogen-bond donors (Lipinski definition) is 1. The molecule has 206 valence electrons. The van der Waals surface area contributed by atoms with E-state index in [4.69, 9.17) is 11.6 Å². The fourth-order valence-electron chi connectivity index (χ4n) is 6.73. The SMILES string of the molecule is O=C(Nc1ccc(Cl)cc1)[C@H]1[C@H](c2cccc([N+](=O)[O-])c2)C2(C(=O)c3ccccc3C2=O)[C@H]2c3ccccc3C=NN12. The van der Waals surface area contributed by atoms with Crippen molar-refractivity contribution in [2.24, 2.45) is 10.5 Å². The van der Waals surface area contributed by atoms with Crippen molar-refractivity contribution in [3.05, 3.63) is 140 Å². The summed E-state index contributed by atoms with van der Waals surface area (Å²) in [6.45, 7) is 0. The summed E-state index contributed by atoms with van der Waals surface area (Å²) in [5, 5.41) is 21.4. The minimum Gasteiger partial charge on any atom is -0.324 e. The number of amides is 1. The van der Waals surface area contributed by atoms with Crippen molar-refractivity contribution in [2.75, 3.05) is 5.32 Å². The molecule has 1 N–H and O–H groups in total. The van der Waals surface area contributed by atoms with Crippen LogP contribution in [0.5, 0.6) is 0 Å². The number of nitrogens with one attached hydrogen (secondary N) is 1. The maximum atomic E-state index is 14.7. The first kappa shape index (κ1) is 25.8. The van der Waals surface area contributed by atoms with E-state index in [2.05, 4.69) is 10.4 Å². The molecule has 10 heteroatoms. The third-order valence-corrected chi connectivity index (χ3v) is 8.65. The molecule has 42 heavy (non-hydrogen) atoms. The zero-order valence-electron chi connectivity index (χ0n) is 21.8. The normalized spacial score (nSPS) is 21.2. The van der Waals surface area contributed by atoms with Gasteiger partial charge in [0, 0.05) is 39.9 Å². The highest BCUT2D eigenvalue weighted by molar-refractivity contribution is 6.32. The predicted octanol–water partition coefficient (Wildman–Crippen LogP) is 5.81. The fraction of sp³-hybridized carbons (Fsp3) is 0.125. The lowest BCUT2D eigenvalue weighted by Crippen LogP contribution is -2.44. The van der Waals surface area contributed by atoms with Crippen molar-refractivity contribution < 1.29 is 19.3 Å². The second-order valence-corrected chi connectivity index (χ2v) is 10.9. The number of anilines is 1. The summed E-state index contributed by atoms with van der Waals surface area (Å²) in [5.74, 6) is -2.53. The largest absolute Gasteiger partial charge is 0.324 e. The van der Waals surface area contributed by atoms with Crippen molar-refractivity contribution >= 4 is 46.7 Å². The number of ketones is 2. The van der Waals surface area contributed by atoms with Gasteiger partial charge < -0.3 is 5.32 Å². The van der Waals surface area contributed by atoms with Crippen LogP contribution in [0.2, 0.25) is 5.02 Å². The van der Waals surface area contributed by atoms with Gasteiger partial charge in [-0.1, -0.05) is 72.3 Å². The molecule has 1 aliphatic carbocycles. The molecule has 1 saturated heterocycles. The van der Waals surface area contributed by atoms with E-state index in [-0.39, 0.29) is 16.8 Å². The lowest BCUT2D eigenvalue weighted by molar-refractivity contribution is -0.384. The number of nitro benzene ring substituents is 1. The molecule has 0 unspecified atom stereocenters. The van der Waals surface area contributed by atoms with Gasteiger partial charge in [-0.15, -0.1) is 0 Å². The lowest BCUT2D eigenvalue weighted by Gasteiger charge is -2.36. The zero-order valence-corrected chi connectivity index (χ0v) is 22.6. The first-order valence-electron chi connectivity index (χ1n) is 13.2. The van der Waals surface area contributed by atoms with Crippen LogP contribution in [0.15, 0.2) is 102 Å². The fourth-order valence-corrected chi connectivity index (χ4v) is 6.86. The van der Waals surface area contributed by atoms with Crippen LogP contribution >= 0.6 is 11.6 Å². The Morgan fingerprint density at radius 1 is 0.905 bits per heavy atom. The van der Waals surface area contributed by atoms with E-state index in [1.165, 1.54) is 23.2 Å². The van der Waals surface area contributed by atoms with Crippen LogP contribution in [-0.4, -0.2) is 39.7 Å². The van der Waals surface area contributed by atoms with Crippen LogP contribution in [0.25, 0.3) is 0 Å². The van der Waals surface area contributed by atoms with Gasteiger partial charge in [-0.25, -0.2) is 0 Å². The van der Waals surface area contributed by atoms with Gasteiger partial charge in [0.15, 0.2) is 11.6 Å². The molecule has 2 heterocycles. The van der Waals surface area contributed by atoms with E-state index in [0.29, 0.717) is 27.4 Å². The monoisotopic (exact) mass is 576 g/mol. The summed E-state index contributed by atoms with van der Waals surface area (Å²) < 4.78 is 0. The zero-order chi connectivity index (χ0) is 29.2. The molecule has 3 aliphatic rings. The number of non-ortho nitro benzene ring substituents is 1. The number of hydrogen-bond acceptors (Lipinski definition) is 7. The molecule has 3 atom stereocenters. The second kappa shape index (κ2) is 9.46. The summed E-state index contributed by atoms with van der Waals surface area (Å²) in [6, 6.07) is 24.1. The molecule has 1 fully saturated rings. The Labute approximate surface area is 244 Å². The Balaban J connectivity index is 1.50.